The summed E-state index contributed by atoms with van der Waals surface area (Å²) in [6, 6.07) is 9.08. The minimum absolute atomic E-state index is 0.207. The SMILES string of the molecule is C=C(C)/C=C(/C)C(C(=O)P(O)c1ccccc1)=C(C)C. The molecule has 0 aliphatic rings. The van der Waals surface area contributed by atoms with Crippen LogP contribution in [0.15, 0.2) is 65.3 Å². The molecule has 1 rings (SSSR count). The average Bonchev–Trinajstić information content (AvgIpc) is 2.37. The lowest BCUT2D eigenvalue weighted by atomic mass is 10.0. The van der Waals surface area contributed by atoms with Crippen molar-refractivity contribution in [2.75, 3.05) is 0 Å². The molecule has 1 aromatic carbocycles. The molecule has 0 aliphatic heterocycles. The van der Waals surface area contributed by atoms with Gasteiger partial charge < -0.3 is 4.89 Å². The lowest BCUT2D eigenvalue weighted by molar-refractivity contribution is -0.108. The van der Waals surface area contributed by atoms with Crippen molar-refractivity contribution in [3.8, 4) is 0 Å². The van der Waals surface area contributed by atoms with E-state index in [-0.39, 0.29) is 5.52 Å². The van der Waals surface area contributed by atoms with E-state index in [1.165, 1.54) is 0 Å². The summed E-state index contributed by atoms with van der Waals surface area (Å²) in [4.78, 5) is 22.9. The Morgan fingerprint density at radius 3 is 2.15 bits per heavy atom. The minimum atomic E-state index is -1.83. The maximum absolute atomic E-state index is 12.6. The third-order valence-electron chi connectivity index (χ3n) is 2.76. The fourth-order valence-electron chi connectivity index (χ4n) is 2.01. The van der Waals surface area contributed by atoms with Crippen molar-refractivity contribution in [1.82, 2.24) is 0 Å². The van der Waals surface area contributed by atoms with Gasteiger partial charge in [-0.05, 0) is 33.3 Å². The van der Waals surface area contributed by atoms with Crippen molar-refractivity contribution in [1.29, 1.82) is 0 Å². The second-order valence-corrected chi connectivity index (χ2v) is 6.55. The van der Waals surface area contributed by atoms with Crippen LogP contribution in [-0.2, 0) is 4.79 Å². The molecule has 0 saturated carbocycles. The van der Waals surface area contributed by atoms with Crippen LogP contribution in [0.5, 0.6) is 0 Å². The third kappa shape index (κ3) is 4.26. The summed E-state index contributed by atoms with van der Waals surface area (Å²) >= 11 is 0. The number of hydrogen-bond acceptors (Lipinski definition) is 2. The monoisotopic (exact) mass is 288 g/mol. The van der Waals surface area contributed by atoms with Gasteiger partial charge in [-0.2, -0.15) is 0 Å². The van der Waals surface area contributed by atoms with E-state index in [0.29, 0.717) is 10.9 Å². The van der Waals surface area contributed by atoms with Gasteiger partial charge in [0.1, 0.15) is 8.15 Å². The number of benzene rings is 1. The molecular formula is C17H21O2P. The van der Waals surface area contributed by atoms with Crippen molar-refractivity contribution in [3.05, 3.63) is 65.3 Å². The Bertz CT molecular complexity index is 564. The van der Waals surface area contributed by atoms with E-state index in [9.17, 15) is 9.69 Å². The predicted molar refractivity (Wildman–Crippen MR) is 87.2 cm³/mol. The van der Waals surface area contributed by atoms with E-state index >= 15 is 0 Å². The first kappa shape index (κ1) is 16.6. The molecule has 1 atom stereocenters. The molecule has 1 unspecified atom stereocenters. The third-order valence-corrected chi connectivity index (χ3v) is 4.16. The average molecular weight is 288 g/mol. The molecule has 0 aromatic heterocycles. The van der Waals surface area contributed by atoms with Crippen molar-refractivity contribution < 1.29 is 9.69 Å². The van der Waals surface area contributed by atoms with Crippen LogP contribution in [0.25, 0.3) is 0 Å². The summed E-state index contributed by atoms with van der Waals surface area (Å²) in [6.45, 7) is 11.4. The molecular weight excluding hydrogens is 267 g/mol. The van der Waals surface area contributed by atoms with Crippen molar-refractivity contribution in [2.45, 2.75) is 27.7 Å². The van der Waals surface area contributed by atoms with Gasteiger partial charge in [-0.25, -0.2) is 0 Å². The highest BCUT2D eigenvalue weighted by Gasteiger charge is 2.23. The zero-order valence-corrected chi connectivity index (χ0v) is 13.4. The van der Waals surface area contributed by atoms with Crippen LogP contribution in [-0.4, -0.2) is 10.4 Å². The standard InChI is InChI=1S/C17H21O2P/c1-12(2)11-14(5)16(13(3)4)17(18)20(19)15-9-7-6-8-10-15/h6-11,19H,1H2,2-5H3/b14-11-. The van der Waals surface area contributed by atoms with Gasteiger partial charge in [-0.15, -0.1) is 0 Å². The number of carbonyl (C=O) groups excluding carboxylic acids is 1. The number of carbonyl (C=O) groups is 1. The molecule has 0 aliphatic carbocycles. The highest BCUT2D eigenvalue weighted by molar-refractivity contribution is 7.77. The van der Waals surface area contributed by atoms with Crippen LogP contribution in [0.4, 0.5) is 0 Å². The zero-order valence-electron chi connectivity index (χ0n) is 12.5. The first-order valence-electron chi connectivity index (χ1n) is 6.44. The summed E-state index contributed by atoms with van der Waals surface area (Å²) < 4.78 is 0. The molecule has 3 heteroatoms. The zero-order chi connectivity index (χ0) is 15.3. The van der Waals surface area contributed by atoms with Gasteiger partial charge in [0.15, 0.2) is 0 Å². The van der Waals surface area contributed by atoms with E-state index in [0.717, 1.165) is 16.7 Å². The van der Waals surface area contributed by atoms with Crippen LogP contribution < -0.4 is 5.30 Å². The maximum atomic E-state index is 12.6. The Hall–Kier alpha value is -1.50. The molecule has 0 radical (unpaired) electrons. The van der Waals surface area contributed by atoms with E-state index < -0.39 is 8.15 Å². The van der Waals surface area contributed by atoms with Gasteiger partial charge in [-0.1, -0.05) is 54.1 Å². The van der Waals surface area contributed by atoms with Crippen LogP contribution in [0.2, 0.25) is 0 Å². The second kappa shape index (κ2) is 7.33. The quantitative estimate of drug-likeness (QED) is 0.503. The van der Waals surface area contributed by atoms with Gasteiger partial charge in [0.2, 0.25) is 5.52 Å². The van der Waals surface area contributed by atoms with Gasteiger partial charge in [0, 0.05) is 10.9 Å². The first-order chi connectivity index (χ1) is 9.34. The lowest BCUT2D eigenvalue weighted by Gasteiger charge is -2.15. The van der Waals surface area contributed by atoms with Gasteiger partial charge in [0.25, 0.3) is 0 Å². The number of rotatable bonds is 5. The van der Waals surface area contributed by atoms with Gasteiger partial charge in [0.05, 0.1) is 0 Å². The highest BCUT2D eigenvalue weighted by atomic mass is 31.1. The smallest absolute Gasteiger partial charge is 0.216 e. The van der Waals surface area contributed by atoms with E-state index in [2.05, 4.69) is 6.58 Å². The highest BCUT2D eigenvalue weighted by Crippen LogP contribution is 2.36. The summed E-state index contributed by atoms with van der Waals surface area (Å²) in [5.74, 6) is 0. The molecule has 1 aromatic rings. The summed E-state index contributed by atoms with van der Waals surface area (Å²) in [5.41, 5.74) is 3.03. The molecule has 0 bridgehead atoms. The topological polar surface area (TPSA) is 37.3 Å². The predicted octanol–water partition coefficient (Wildman–Crippen LogP) is 4.09. The van der Waals surface area contributed by atoms with E-state index in [1.54, 1.807) is 12.1 Å². The summed E-state index contributed by atoms with van der Waals surface area (Å²) in [5, 5.41) is 0.675. The number of hydrogen-bond donors (Lipinski definition) is 1. The number of allylic oxidation sites excluding steroid dienone is 5. The summed E-state index contributed by atoms with van der Waals surface area (Å²) in [7, 11) is -1.83. The minimum Gasteiger partial charge on any atom is -0.362 e. The maximum Gasteiger partial charge on any atom is 0.216 e. The van der Waals surface area contributed by atoms with Crippen molar-refractivity contribution in [2.24, 2.45) is 0 Å². The van der Waals surface area contributed by atoms with Crippen LogP contribution in [0, 0.1) is 0 Å². The molecule has 0 saturated heterocycles. The lowest BCUT2D eigenvalue weighted by Crippen LogP contribution is -2.12. The van der Waals surface area contributed by atoms with Gasteiger partial charge in [-0.3, -0.25) is 4.79 Å². The van der Waals surface area contributed by atoms with E-state index in [1.807, 2.05) is 52.0 Å². The van der Waals surface area contributed by atoms with Crippen LogP contribution >= 0.6 is 8.15 Å². The Labute approximate surface area is 122 Å². The molecule has 0 spiro atoms. The van der Waals surface area contributed by atoms with Crippen molar-refractivity contribution >= 4 is 19.0 Å². The first-order valence-corrected chi connectivity index (χ1v) is 7.74. The Kier molecular flexibility index (Phi) is 6.06. The Balaban J connectivity index is 3.16. The van der Waals surface area contributed by atoms with Crippen LogP contribution in [0.1, 0.15) is 27.7 Å². The fourth-order valence-corrected chi connectivity index (χ4v) is 3.31. The summed E-state index contributed by atoms with van der Waals surface area (Å²) in [6.07, 6.45) is 1.87. The molecule has 20 heavy (non-hydrogen) atoms. The molecule has 106 valence electrons. The van der Waals surface area contributed by atoms with Crippen molar-refractivity contribution in [3.63, 3.8) is 0 Å². The Morgan fingerprint density at radius 1 is 1.15 bits per heavy atom. The fraction of sp³-hybridized carbons (Fsp3) is 0.235. The van der Waals surface area contributed by atoms with Gasteiger partial charge >= 0.3 is 0 Å². The second-order valence-electron chi connectivity index (χ2n) is 5.00. The molecule has 2 nitrogen and oxygen atoms in total. The molecule has 0 fully saturated rings. The molecule has 1 N–H and O–H groups in total. The molecule has 0 amide bonds. The molecule has 0 heterocycles. The Morgan fingerprint density at radius 2 is 1.70 bits per heavy atom. The normalized spacial score (nSPS) is 12.8. The largest absolute Gasteiger partial charge is 0.362 e. The van der Waals surface area contributed by atoms with Crippen LogP contribution in [0.3, 0.4) is 0 Å². The van der Waals surface area contributed by atoms with E-state index in [4.69, 9.17) is 0 Å².